The number of piperidine rings is 1. The second-order valence-corrected chi connectivity index (χ2v) is 4.60. The zero-order valence-corrected chi connectivity index (χ0v) is 9.48. The van der Waals surface area contributed by atoms with Crippen LogP contribution in [0.2, 0.25) is 0 Å². The molecule has 4 heteroatoms. The normalized spacial score (nSPS) is 29.6. The quantitative estimate of drug-likeness (QED) is 0.559. The summed E-state index contributed by atoms with van der Waals surface area (Å²) in [7, 11) is 1.71. The van der Waals surface area contributed by atoms with Crippen LogP contribution in [0.25, 0.3) is 0 Å². The summed E-state index contributed by atoms with van der Waals surface area (Å²) >= 11 is 5.35. The van der Waals surface area contributed by atoms with Crippen molar-refractivity contribution >= 4 is 17.3 Å². The predicted octanol–water partition coefficient (Wildman–Crippen LogP) is 0.992. The lowest BCUT2D eigenvalue weighted by atomic mass is 10.1. The van der Waals surface area contributed by atoms with Gasteiger partial charge in [0.1, 0.15) is 0 Å². The smallest absolute Gasteiger partial charge is 0.169 e. The van der Waals surface area contributed by atoms with Crippen LogP contribution in [0.5, 0.6) is 0 Å². The van der Waals surface area contributed by atoms with E-state index in [4.69, 9.17) is 17.0 Å². The van der Waals surface area contributed by atoms with Crippen LogP contribution in [0.1, 0.15) is 19.3 Å². The molecule has 1 aliphatic carbocycles. The third-order valence-corrected chi connectivity index (χ3v) is 3.63. The van der Waals surface area contributed by atoms with Gasteiger partial charge in [-0.1, -0.05) is 0 Å². The summed E-state index contributed by atoms with van der Waals surface area (Å²) in [6.07, 6.45) is 4.09. The molecule has 14 heavy (non-hydrogen) atoms. The molecule has 0 aromatic heterocycles. The van der Waals surface area contributed by atoms with Crippen molar-refractivity contribution in [1.82, 2.24) is 10.2 Å². The molecule has 0 aromatic rings. The largest absolute Gasteiger partial charge is 0.383 e. The molecule has 1 aliphatic heterocycles. The van der Waals surface area contributed by atoms with Gasteiger partial charge in [0, 0.05) is 26.2 Å². The summed E-state index contributed by atoms with van der Waals surface area (Å²) in [5.41, 5.74) is 0. The summed E-state index contributed by atoms with van der Waals surface area (Å²) in [6.45, 7) is 2.72. The van der Waals surface area contributed by atoms with Gasteiger partial charge < -0.3 is 15.0 Å². The van der Waals surface area contributed by atoms with E-state index >= 15 is 0 Å². The maximum absolute atomic E-state index is 5.35. The summed E-state index contributed by atoms with van der Waals surface area (Å²) in [5.74, 6) is 0.905. The molecule has 1 heterocycles. The van der Waals surface area contributed by atoms with Crippen molar-refractivity contribution in [1.29, 1.82) is 0 Å². The maximum atomic E-state index is 5.35. The first-order valence-electron chi connectivity index (χ1n) is 5.34. The molecule has 2 rings (SSSR count). The van der Waals surface area contributed by atoms with Crippen LogP contribution in [-0.2, 0) is 4.74 Å². The Morgan fingerprint density at radius 2 is 2.43 bits per heavy atom. The van der Waals surface area contributed by atoms with Gasteiger partial charge in [-0.2, -0.15) is 0 Å². The highest BCUT2D eigenvalue weighted by molar-refractivity contribution is 7.80. The number of rotatable bonds is 3. The molecule has 80 valence electrons. The van der Waals surface area contributed by atoms with Crippen LogP contribution in [-0.4, -0.2) is 42.9 Å². The van der Waals surface area contributed by atoms with Crippen LogP contribution in [0.15, 0.2) is 0 Å². The number of ether oxygens (including phenoxy) is 1. The fourth-order valence-electron chi connectivity index (χ4n) is 2.54. The van der Waals surface area contributed by atoms with Gasteiger partial charge in [-0.15, -0.1) is 0 Å². The Bertz CT molecular complexity index is 222. The van der Waals surface area contributed by atoms with E-state index in [-0.39, 0.29) is 0 Å². The van der Waals surface area contributed by atoms with Gasteiger partial charge >= 0.3 is 0 Å². The number of fused-ring (bicyclic) bond motifs is 2. The molecule has 1 saturated heterocycles. The third-order valence-electron chi connectivity index (χ3n) is 3.25. The first-order chi connectivity index (χ1) is 6.81. The van der Waals surface area contributed by atoms with E-state index in [1.807, 2.05) is 0 Å². The zero-order chi connectivity index (χ0) is 9.97. The molecule has 1 saturated carbocycles. The lowest BCUT2D eigenvalue weighted by Gasteiger charge is -2.29. The Hall–Kier alpha value is -0.350. The van der Waals surface area contributed by atoms with E-state index in [1.54, 1.807) is 7.11 Å². The van der Waals surface area contributed by atoms with Gasteiger partial charge in [0.25, 0.3) is 0 Å². The van der Waals surface area contributed by atoms with Gasteiger partial charge in [-0.25, -0.2) is 0 Å². The molecule has 0 amide bonds. The molecule has 0 spiro atoms. The molecule has 1 N–H and O–H groups in total. The molecule has 2 atom stereocenters. The number of nitrogens with zero attached hydrogens (tertiary/aromatic N) is 1. The van der Waals surface area contributed by atoms with Crippen LogP contribution in [0.4, 0.5) is 0 Å². The highest BCUT2D eigenvalue weighted by Crippen LogP contribution is 2.37. The first-order valence-corrected chi connectivity index (χ1v) is 5.75. The number of nitrogens with one attached hydrogen (secondary N) is 1. The maximum Gasteiger partial charge on any atom is 0.169 e. The molecule has 2 aliphatic rings. The zero-order valence-electron chi connectivity index (χ0n) is 8.66. The van der Waals surface area contributed by atoms with Crippen molar-refractivity contribution < 1.29 is 4.74 Å². The average molecular weight is 214 g/mol. The molecule has 3 nitrogen and oxygen atoms in total. The number of methoxy groups -OCH3 is 1. The molecule has 0 aromatic carbocycles. The Balaban J connectivity index is 1.75. The minimum atomic E-state index is 0.724. The van der Waals surface area contributed by atoms with Gasteiger partial charge in [-0.05, 0) is 37.4 Å². The second-order valence-electron chi connectivity index (χ2n) is 4.21. The predicted molar refractivity (Wildman–Crippen MR) is 60.3 cm³/mol. The Morgan fingerprint density at radius 1 is 1.57 bits per heavy atom. The Morgan fingerprint density at radius 3 is 3.00 bits per heavy atom. The lowest BCUT2D eigenvalue weighted by Crippen LogP contribution is -2.44. The van der Waals surface area contributed by atoms with E-state index in [9.17, 15) is 0 Å². The highest BCUT2D eigenvalue weighted by Gasteiger charge is 2.38. The van der Waals surface area contributed by atoms with Crippen LogP contribution >= 0.6 is 12.2 Å². The number of thiocarbonyl (C=S) groups is 1. The average Bonchev–Trinajstić information content (AvgIpc) is 2.79. The van der Waals surface area contributed by atoms with Crippen molar-refractivity contribution in [2.75, 3.05) is 26.8 Å². The molecule has 2 bridgehead atoms. The van der Waals surface area contributed by atoms with Crippen molar-refractivity contribution in [2.45, 2.75) is 25.3 Å². The fraction of sp³-hybridized carbons (Fsp3) is 0.900. The van der Waals surface area contributed by atoms with E-state index in [2.05, 4.69) is 10.2 Å². The van der Waals surface area contributed by atoms with Crippen molar-refractivity contribution in [3.8, 4) is 0 Å². The van der Waals surface area contributed by atoms with E-state index in [0.29, 0.717) is 0 Å². The van der Waals surface area contributed by atoms with E-state index in [0.717, 1.165) is 30.2 Å². The minimum absolute atomic E-state index is 0.724. The van der Waals surface area contributed by atoms with Crippen molar-refractivity contribution in [3.05, 3.63) is 0 Å². The topological polar surface area (TPSA) is 24.5 Å². The monoisotopic (exact) mass is 214 g/mol. The van der Waals surface area contributed by atoms with Crippen LogP contribution in [0.3, 0.4) is 0 Å². The summed E-state index contributed by atoms with van der Waals surface area (Å²) < 4.78 is 4.98. The third kappa shape index (κ3) is 2.01. The van der Waals surface area contributed by atoms with Crippen molar-refractivity contribution in [3.63, 3.8) is 0 Å². The minimum Gasteiger partial charge on any atom is -0.383 e. The summed E-state index contributed by atoms with van der Waals surface area (Å²) in [4.78, 5) is 2.36. The highest BCUT2D eigenvalue weighted by atomic mass is 32.1. The fourth-order valence-corrected chi connectivity index (χ4v) is 2.86. The number of likely N-dealkylation sites (tertiary alicyclic amines) is 1. The van der Waals surface area contributed by atoms with Gasteiger partial charge in [0.15, 0.2) is 5.11 Å². The van der Waals surface area contributed by atoms with Gasteiger partial charge in [0.05, 0.1) is 6.61 Å². The number of hydrogen-bond acceptors (Lipinski definition) is 2. The van der Waals surface area contributed by atoms with Gasteiger partial charge in [-0.3, -0.25) is 0 Å². The first kappa shape index (κ1) is 10.2. The van der Waals surface area contributed by atoms with Gasteiger partial charge in [0.2, 0.25) is 0 Å². The SMILES string of the molecule is COCCNC(=S)N1CC2CCC1C2. The summed E-state index contributed by atoms with van der Waals surface area (Å²) in [6, 6.07) is 0.725. The lowest BCUT2D eigenvalue weighted by molar-refractivity contribution is 0.202. The Labute approximate surface area is 90.8 Å². The molecular weight excluding hydrogens is 196 g/mol. The summed E-state index contributed by atoms with van der Waals surface area (Å²) in [5, 5.41) is 4.17. The van der Waals surface area contributed by atoms with Crippen LogP contribution in [0, 0.1) is 5.92 Å². The molecule has 2 fully saturated rings. The molecular formula is C10H18N2OS. The standard InChI is InChI=1S/C10H18N2OS/c1-13-5-4-11-10(14)12-7-8-2-3-9(12)6-8/h8-9H,2-7H2,1H3,(H,11,14). The van der Waals surface area contributed by atoms with E-state index in [1.165, 1.54) is 25.8 Å². The van der Waals surface area contributed by atoms with Crippen LogP contribution < -0.4 is 5.32 Å². The molecule has 0 radical (unpaired) electrons. The Kier molecular flexibility index (Phi) is 3.23. The number of hydrogen-bond donors (Lipinski definition) is 1. The second kappa shape index (κ2) is 4.45. The molecule has 2 unspecified atom stereocenters. The van der Waals surface area contributed by atoms with Crippen molar-refractivity contribution in [2.24, 2.45) is 5.92 Å². The van der Waals surface area contributed by atoms with E-state index < -0.39 is 0 Å².